The molecule has 7 nitrogen and oxygen atoms in total. The summed E-state index contributed by atoms with van der Waals surface area (Å²) < 4.78 is 14.0. The first-order chi connectivity index (χ1) is 16.7. The molecule has 3 atom stereocenters. The van der Waals surface area contributed by atoms with Gasteiger partial charge in [-0.1, -0.05) is 33.8 Å². The second-order valence-corrected chi connectivity index (χ2v) is 10.1. The van der Waals surface area contributed by atoms with Crippen molar-refractivity contribution in [2.75, 3.05) is 18.0 Å². The molecule has 1 N–H and O–H groups in total. The van der Waals surface area contributed by atoms with Gasteiger partial charge in [-0.15, -0.1) is 0 Å². The Bertz CT molecular complexity index is 1100. The number of likely N-dealkylation sites (tertiary alicyclic amines) is 1. The van der Waals surface area contributed by atoms with E-state index >= 15 is 0 Å². The summed E-state index contributed by atoms with van der Waals surface area (Å²) in [6.45, 7) is 11.0. The molecule has 3 heterocycles. The van der Waals surface area contributed by atoms with E-state index < -0.39 is 6.04 Å². The summed E-state index contributed by atoms with van der Waals surface area (Å²) in [4.78, 5) is 39.5. The second-order valence-electron chi connectivity index (χ2n) is 10.1. The molecule has 1 fully saturated rings. The van der Waals surface area contributed by atoms with Gasteiger partial charge in [0.1, 0.15) is 23.5 Å². The molecule has 1 aromatic heterocycles. The molecule has 3 unspecified atom stereocenters. The summed E-state index contributed by atoms with van der Waals surface area (Å²) in [6, 6.07) is 6.05. The number of anilines is 2. The largest absolute Gasteiger partial charge is 0.344 e. The fraction of sp³-hybridized carbons (Fsp3) is 0.556. The Labute approximate surface area is 207 Å². The molecule has 2 aromatic rings. The van der Waals surface area contributed by atoms with Gasteiger partial charge in [-0.25, -0.2) is 14.4 Å². The van der Waals surface area contributed by atoms with E-state index in [9.17, 15) is 14.0 Å². The van der Waals surface area contributed by atoms with Gasteiger partial charge in [0.15, 0.2) is 0 Å². The number of amides is 2. The first kappa shape index (κ1) is 25.1. The highest BCUT2D eigenvalue weighted by Gasteiger charge is 2.37. The Morgan fingerprint density at radius 1 is 1.17 bits per heavy atom. The van der Waals surface area contributed by atoms with Crippen molar-refractivity contribution in [3.05, 3.63) is 47.2 Å². The van der Waals surface area contributed by atoms with E-state index in [2.05, 4.69) is 10.3 Å². The van der Waals surface area contributed by atoms with Crippen LogP contribution in [0.3, 0.4) is 0 Å². The number of hydrogen-bond donors (Lipinski definition) is 1. The molecular formula is C27H36FN5O2. The van der Waals surface area contributed by atoms with E-state index in [1.54, 1.807) is 6.07 Å². The van der Waals surface area contributed by atoms with Gasteiger partial charge in [0.2, 0.25) is 11.8 Å². The van der Waals surface area contributed by atoms with Crippen molar-refractivity contribution in [1.29, 1.82) is 0 Å². The number of nitrogens with one attached hydrogen (secondary N) is 1. The van der Waals surface area contributed by atoms with Gasteiger partial charge in [0.05, 0.1) is 11.7 Å². The second kappa shape index (κ2) is 10.3. The first-order valence-corrected chi connectivity index (χ1v) is 12.7. The number of aromatic nitrogens is 2. The van der Waals surface area contributed by atoms with E-state index in [0.717, 1.165) is 55.0 Å². The van der Waals surface area contributed by atoms with Crippen molar-refractivity contribution < 1.29 is 14.0 Å². The number of benzene rings is 1. The molecule has 2 aliphatic heterocycles. The highest BCUT2D eigenvalue weighted by atomic mass is 19.1. The van der Waals surface area contributed by atoms with Crippen molar-refractivity contribution in [3.63, 3.8) is 0 Å². The number of carbonyl (C=O) groups is 2. The van der Waals surface area contributed by atoms with Crippen LogP contribution in [0.5, 0.6) is 0 Å². The Morgan fingerprint density at radius 3 is 2.66 bits per heavy atom. The van der Waals surface area contributed by atoms with Gasteiger partial charge in [-0.05, 0) is 56.2 Å². The number of rotatable bonds is 7. The molecule has 188 valence electrons. The number of carbonyl (C=O) groups excluding carboxylic acids is 2. The molecule has 35 heavy (non-hydrogen) atoms. The molecule has 0 radical (unpaired) electrons. The van der Waals surface area contributed by atoms with Gasteiger partial charge in [0.25, 0.3) is 0 Å². The van der Waals surface area contributed by atoms with Gasteiger partial charge < -0.3 is 15.1 Å². The maximum atomic E-state index is 14.0. The lowest BCUT2D eigenvalue weighted by atomic mass is 10.00. The van der Waals surface area contributed by atoms with Gasteiger partial charge >= 0.3 is 0 Å². The van der Waals surface area contributed by atoms with Gasteiger partial charge in [-0.3, -0.25) is 9.59 Å². The SMILES string of the molecule is CCC(C)C(=O)NC(C(=O)N1CCCC1c1cc(N2CCc3ccc(F)cc32)nc(C)n1)C(C)C. The zero-order chi connectivity index (χ0) is 25.3. The molecule has 2 aliphatic rings. The minimum absolute atomic E-state index is 0.0320. The molecular weight excluding hydrogens is 445 g/mol. The van der Waals surface area contributed by atoms with Crippen molar-refractivity contribution >= 4 is 23.3 Å². The lowest BCUT2D eigenvalue weighted by Crippen LogP contribution is -2.52. The summed E-state index contributed by atoms with van der Waals surface area (Å²) in [5, 5.41) is 2.99. The smallest absolute Gasteiger partial charge is 0.245 e. The topological polar surface area (TPSA) is 78.4 Å². The average Bonchev–Trinajstić information content (AvgIpc) is 3.48. The third-order valence-corrected chi connectivity index (χ3v) is 7.23. The van der Waals surface area contributed by atoms with Crippen LogP contribution in [0.4, 0.5) is 15.9 Å². The number of aryl methyl sites for hydroxylation is 1. The van der Waals surface area contributed by atoms with Crippen molar-refractivity contribution in [2.45, 2.75) is 72.4 Å². The van der Waals surface area contributed by atoms with E-state index in [1.165, 1.54) is 6.07 Å². The number of nitrogens with zero attached hydrogens (tertiary/aromatic N) is 4. The first-order valence-electron chi connectivity index (χ1n) is 12.7. The zero-order valence-electron chi connectivity index (χ0n) is 21.3. The minimum atomic E-state index is -0.576. The summed E-state index contributed by atoms with van der Waals surface area (Å²) >= 11 is 0. The van der Waals surface area contributed by atoms with Crippen LogP contribution < -0.4 is 10.2 Å². The van der Waals surface area contributed by atoms with E-state index in [0.29, 0.717) is 12.4 Å². The molecule has 2 amide bonds. The summed E-state index contributed by atoms with van der Waals surface area (Å²) in [7, 11) is 0. The van der Waals surface area contributed by atoms with Crippen LogP contribution in [-0.2, 0) is 16.0 Å². The monoisotopic (exact) mass is 481 g/mol. The Morgan fingerprint density at radius 2 is 1.94 bits per heavy atom. The molecule has 0 bridgehead atoms. The predicted octanol–water partition coefficient (Wildman–Crippen LogP) is 4.47. The summed E-state index contributed by atoms with van der Waals surface area (Å²) in [5.41, 5.74) is 2.72. The number of hydrogen-bond acceptors (Lipinski definition) is 5. The van der Waals surface area contributed by atoms with Crippen molar-refractivity contribution in [1.82, 2.24) is 20.2 Å². The molecule has 0 saturated carbocycles. The molecule has 8 heteroatoms. The third-order valence-electron chi connectivity index (χ3n) is 7.23. The Hall–Kier alpha value is -3.03. The van der Waals surface area contributed by atoms with Crippen LogP contribution in [0.15, 0.2) is 24.3 Å². The minimum Gasteiger partial charge on any atom is -0.344 e. The number of fused-ring (bicyclic) bond motifs is 1. The third kappa shape index (κ3) is 5.16. The Kier molecular flexibility index (Phi) is 7.38. The van der Waals surface area contributed by atoms with E-state index in [1.807, 2.05) is 56.6 Å². The fourth-order valence-corrected chi connectivity index (χ4v) is 4.98. The maximum Gasteiger partial charge on any atom is 0.245 e. The Balaban J connectivity index is 1.60. The molecule has 0 spiro atoms. The molecule has 1 saturated heterocycles. The van der Waals surface area contributed by atoms with E-state index in [4.69, 9.17) is 4.98 Å². The van der Waals surface area contributed by atoms with Crippen LogP contribution >= 0.6 is 0 Å². The molecule has 1 aromatic carbocycles. The quantitative estimate of drug-likeness (QED) is 0.631. The van der Waals surface area contributed by atoms with Gasteiger partial charge in [0, 0.05) is 30.8 Å². The average molecular weight is 482 g/mol. The van der Waals surface area contributed by atoms with E-state index in [-0.39, 0.29) is 35.5 Å². The summed E-state index contributed by atoms with van der Waals surface area (Å²) in [5.74, 6) is 0.747. The standard InChI is InChI=1S/C27H36FN5O2/c1-6-17(4)26(34)31-25(16(2)3)27(35)33-12-7-8-22(33)21-15-24(30-18(5)29-21)32-13-11-19-9-10-20(28)14-23(19)32/h9-10,14-17,22,25H,6-8,11-13H2,1-5H3,(H,31,34). The predicted molar refractivity (Wildman–Crippen MR) is 134 cm³/mol. The molecule has 4 rings (SSSR count). The lowest BCUT2D eigenvalue weighted by molar-refractivity contribution is -0.139. The number of halogens is 1. The van der Waals surface area contributed by atoms with Crippen LogP contribution in [0.25, 0.3) is 0 Å². The zero-order valence-corrected chi connectivity index (χ0v) is 21.3. The fourth-order valence-electron chi connectivity index (χ4n) is 4.98. The van der Waals surface area contributed by atoms with Crippen LogP contribution in [0, 0.1) is 24.6 Å². The van der Waals surface area contributed by atoms with Gasteiger partial charge in [-0.2, -0.15) is 0 Å². The van der Waals surface area contributed by atoms with Crippen LogP contribution in [-0.4, -0.2) is 45.8 Å². The van der Waals surface area contributed by atoms with Crippen molar-refractivity contribution in [3.8, 4) is 0 Å². The van der Waals surface area contributed by atoms with Crippen molar-refractivity contribution in [2.24, 2.45) is 11.8 Å². The lowest BCUT2D eigenvalue weighted by Gasteiger charge is -2.32. The summed E-state index contributed by atoms with van der Waals surface area (Å²) in [6.07, 6.45) is 3.23. The van der Waals surface area contributed by atoms with Crippen LogP contribution in [0.2, 0.25) is 0 Å². The highest BCUT2D eigenvalue weighted by molar-refractivity contribution is 5.89. The maximum absolute atomic E-state index is 14.0. The normalized spacial score (nSPS) is 19.1. The molecule has 0 aliphatic carbocycles. The van der Waals surface area contributed by atoms with Crippen LogP contribution in [0.1, 0.15) is 70.1 Å². The highest BCUT2D eigenvalue weighted by Crippen LogP contribution is 2.37.